The highest BCUT2D eigenvalue weighted by atomic mass is 16.5. The maximum Gasteiger partial charge on any atom is 0.343 e. The minimum Gasteiger partial charge on any atom is -0.462 e. The van der Waals surface area contributed by atoms with Gasteiger partial charge in [-0.1, -0.05) is 50.6 Å². The normalized spacial score (nSPS) is 11.8. The Morgan fingerprint density at radius 1 is 1.13 bits per heavy atom. The summed E-state index contributed by atoms with van der Waals surface area (Å²) in [7, 11) is 0. The topological polar surface area (TPSA) is 100 Å². The second-order valence-corrected chi connectivity index (χ2v) is 8.49. The van der Waals surface area contributed by atoms with E-state index >= 15 is 0 Å². The summed E-state index contributed by atoms with van der Waals surface area (Å²) in [5.74, 6) is 0.285. The van der Waals surface area contributed by atoms with E-state index in [1.54, 1.807) is 17.6 Å². The number of fused-ring (bicyclic) bond motifs is 1. The van der Waals surface area contributed by atoms with Crippen LogP contribution >= 0.6 is 0 Å². The summed E-state index contributed by atoms with van der Waals surface area (Å²) in [6.45, 7) is 10.3. The summed E-state index contributed by atoms with van der Waals surface area (Å²) >= 11 is 0. The Morgan fingerprint density at radius 2 is 1.84 bits per heavy atom. The number of anilines is 1. The van der Waals surface area contributed by atoms with E-state index in [0.29, 0.717) is 11.5 Å². The number of ether oxygens (including phenoxy) is 1. The Balaban J connectivity index is 1.96. The molecule has 8 heteroatoms. The number of benzene rings is 1. The molecular weight excluding hydrogens is 392 g/mol. The van der Waals surface area contributed by atoms with E-state index in [1.165, 1.54) is 16.4 Å². The number of aryl methyl sites for hydroxylation is 1. The maximum atomic E-state index is 12.2. The third kappa shape index (κ3) is 3.65. The number of aromatic nitrogens is 5. The van der Waals surface area contributed by atoms with Gasteiger partial charge in [0.15, 0.2) is 11.5 Å². The lowest BCUT2D eigenvalue weighted by Crippen LogP contribution is -2.18. The number of nitrogens with two attached hydrogens (primary N) is 1. The van der Waals surface area contributed by atoms with Gasteiger partial charge in [-0.2, -0.15) is 19.4 Å². The molecular formula is C23H26N6O2. The van der Waals surface area contributed by atoms with E-state index in [9.17, 15) is 4.79 Å². The van der Waals surface area contributed by atoms with Crippen LogP contribution in [0.5, 0.6) is 0 Å². The summed E-state index contributed by atoms with van der Waals surface area (Å²) in [5, 5.41) is 8.93. The number of carbonyl (C=O) groups is 1. The molecule has 4 rings (SSSR count). The lowest BCUT2D eigenvalue weighted by atomic mass is 9.92. The van der Waals surface area contributed by atoms with Crippen molar-refractivity contribution in [1.82, 2.24) is 24.4 Å². The number of hydrogen-bond acceptors (Lipinski definition) is 6. The zero-order chi connectivity index (χ0) is 22.3. The van der Waals surface area contributed by atoms with Crippen molar-refractivity contribution in [3.8, 4) is 16.9 Å². The molecule has 4 aromatic rings. The first-order valence-corrected chi connectivity index (χ1v) is 10.2. The van der Waals surface area contributed by atoms with Crippen molar-refractivity contribution >= 4 is 17.4 Å². The van der Waals surface area contributed by atoms with Crippen molar-refractivity contribution in [2.75, 3.05) is 12.3 Å². The second-order valence-electron chi connectivity index (χ2n) is 8.49. The molecule has 0 bridgehead atoms. The summed E-state index contributed by atoms with van der Waals surface area (Å²) < 4.78 is 8.29. The molecule has 3 heterocycles. The van der Waals surface area contributed by atoms with Crippen LogP contribution in [-0.4, -0.2) is 37.0 Å². The van der Waals surface area contributed by atoms with Crippen molar-refractivity contribution in [1.29, 1.82) is 0 Å². The zero-order valence-corrected chi connectivity index (χ0v) is 18.4. The fraction of sp³-hybridized carbons (Fsp3) is 0.304. The lowest BCUT2D eigenvalue weighted by Gasteiger charge is -2.20. The third-order valence-corrected chi connectivity index (χ3v) is 5.10. The molecule has 0 unspecified atom stereocenters. The molecule has 0 amide bonds. The highest BCUT2D eigenvalue weighted by molar-refractivity contribution is 5.94. The molecule has 0 aliphatic rings. The fourth-order valence-corrected chi connectivity index (χ4v) is 3.33. The van der Waals surface area contributed by atoms with Crippen LogP contribution in [0.15, 0.2) is 42.7 Å². The molecule has 31 heavy (non-hydrogen) atoms. The molecule has 0 saturated carbocycles. The number of nitrogen functional groups attached to an aromatic ring is 1. The van der Waals surface area contributed by atoms with Crippen molar-refractivity contribution in [2.24, 2.45) is 0 Å². The molecule has 0 radical (unpaired) electrons. The number of rotatable bonds is 4. The Morgan fingerprint density at radius 3 is 2.48 bits per heavy atom. The van der Waals surface area contributed by atoms with E-state index in [0.717, 1.165) is 16.8 Å². The minimum absolute atomic E-state index is 0.193. The Hall–Kier alpha value is -3.68. The first kappa shape index (κ1) is 20.6. The molecule has 0 spiro atoms. The first-order valence-electron chi connectivity index (χ1n) is 10.2. The number of carbonyl (C=O) groups excluding carboxylic acids is 1. The van der Waals surface area contributed by atoms with E-state index in [4.69, 9.17) is 15.5 Å². The zero-order valence-electron chi connectivity index (χ0n) is 18.4. The monoisotopic (exact) mass is 418 g/mol. The van der Waals surface area contributed by atoms with E-state index in [-0.39, 0.29) is 23.4 Å². The SMILES string of the molecule is CCOC(=O)c1cnn(-c2cc(C(C)(C)C)nc3c(-c4ccc(C)cc4)cnn23)c1N. The van der Waals surface area contributed by atoms with Crippen LogP contribution in [0.3, 0.4) is 0 Å². The molecule has 0 aliphatic carbocycles. The van der Waals surface area contributed by atoms with Gasteiger partial charge in [-0.15, -0.1) is 0 Å². The second kappa shape index (κ2) is 7.54. The molecule has 0 aliphatic heterocycles. The van der Waals surface area contributed by atoms with Gasteiger partial charge in [0, 0.05) is 17.0 Å². The maximum absolute atomic E-state index is 12.2. The standard InChI is InChI=1S/C23H26N6O2/c1-6-31-22(30)17-13-25-28(20(17)24)19-11-18(23(3,4)5)27-21-16(12-26-29(19)21)15-9-7-14(2)8-10-15/h7-13H,6,24H2,1-5H3. The first-order chi connectivity index (χ1) is 14.7. The van der Waals surface area contributed by atoms with Gasteiger partial charge in [-0.3, -0.25) is 0 Å². The third-order valence-electron chi connectivity index (χ3n) is 5.10. The molecule has 2 N–H and O–H groups in total. The molecule has 8 nitrogen and oxygen atoms in total. The van der Waals surface area contributed by atoms with Crippen molar-refractivity contribution in [3.63, 3.8) is 0 Å². The van der Waals surface area contributed by atoms with Gasteiger partial charge in [0.1, 0.15) is 11.4 Å². The highest BCUT2D eigenvalue weighted by Crippen LogP contribution is 2.30. The number of hydrogen-bond donors (Lipinski definition) is 1. The van der Waals surface area contributed by atoms with Gasteiger partial charge in [0.25, 0.3) is 0 Å². The molecule has 0 atom stereocenters. The summed E-state index contributed by atoms with van der Waals surface area (Å²) in [6.07, 6.45) is 3.20. The molecule has 160 valence electrons. The summed E-state index contributed by atoms with van der Waals surface area (Å²) in [4.78, 5) is 17.1. The van der Waals surface area contributed by atoms with Gasteiger partial charge in [0.05, 0.1) is 24.7 Å². The van der Waals surface area contributed by atoms with E-state index in [2.05, 4.69) is 62.2 Å². The average molecular weight is 419 g/mol. The fourth-order valence-electron chi connectivity index (χ4n) is 3.33. The predicted octanol–water partition coefficient (Wildman–Crippen LogP) is 3.95. The predicted molar refractivity (Wildman–Crippen MR) is 119 cm³/mol. The average Bonchev–Trinajstić information content (AvgIpc) is 3.31. The summed E-state index contributed by atoms with van der Waals surface area (Å²) in [5.41, 5.74) is 10.9. The van der Waals surface area contributed by atoms with Gasteiger partial charge in [-0.25, -0.2) is 9.78 Å². The van der Waals surface area contributed by atoms with Crippen molar-refractivity contribution < 1.29 is 9.53 Å². The number of nitrogens with zero attached hydrogens (tertiary/aromatic N) is 5. The summed E-state index contributed by atoms with van der Waals surface area (Å²) in [6, 6.07) is 10.1. The van der Waals surface area contributed by atoms with Crippen LogP contribution in [0.1, 0.15) is 49.3 Å². The highest BCUT2D eigenvalue weighted by Gasteiger charge is 2.24. The van der Waals surface area contributed by atoms with Crippen LogP contribution in [0.4, 0.5) is 5.82 Å². The van der Waals surface area contributed by atoms with Gasteiger partial charge in [0.2, 0.25) is 0 Å². The van der Waals surface area contributed by atoms with Crippen LogP contribution in [-0.2, 0) is 10.2 Å². The van der Waals surface area contributed by atoms with Crippen LogP contribution < -0.4 is 5.73 Å². The van der Waals surface area contributed by atoms with Gasteiger partial charge < -0.3 is 10.5 Å². The van der Waals surface area contributed by atoms with E-state index < -0.39 is 5.97 Å². The Bertz CT molecular complexity index is 1260. The smallest absolute Gasteiger partial charge is 0.343 e. The molecule has 3 aromatic heterocycles. The Kier molecular flexibility index (Phi) is 5.00. The van der Waals surface area contributed by atoms with Crippen LogP contribution in [0.2, 0.25) is 0 Å². The van der Waals surface area contributed by atoms with Crippen molar-refractivity contribution in [3.05, 3.63) is 59.5 Å². The minimum atomic E-state index is -0.506. The molecule has 0 saturated heterocycles. The lowest BCUT2D eigenvalue weighted by molar-refractivity contribution is 0.0527. The van der Waals surface area contributed by atoms with Crippen LogP contribution in [0, 0.1) is 6.92 Å². The van der Waals surface area contributed by atoms with Crippen molar-refractivity contribution in [2.45, 2.75) is 40.0 Å². The van der Waals surface area contributed by atoms with Crippen LogP contribution in [0.25, 0.3) is 22.6 Å². The quantitative estimate of drug-likeness (QED) is 0.504. The van der Waals surface area contributed by atoms with Gasteiger partial charge in [-0.05, 0) is 19.4 Å². The number of esters is 1. The van der Waals surface area contributed by atoms with E-state index in [1.807, 2.05) is 6.07 Å². The van der Waals surface area contributed by atoms with Gasteiger partial charge >= 0.3 is 5.97 Å². The Labute approximate surface area is 180 Å². The molecule has 1 aromatic carbocycles. The molecule has 0 fully saturated rings. The largest absolute Gasteiger partial charge is 0.462 e.